The van der Waals surface area contributed by atoms with Crippen LogP contribution >= 0.6 is 0 Å². The number of nitrogens with zero attached hydrogens (tertiary/aromatic N) is 2. The van der Waals surface area contributed by atoms with Crippen LogP contribution in [0.25, 0.3) is 0 Å². The van der Waals surface area contributed by atoms with E-state index in [9.17, 15) is 4.91 Å². The molecule has 4 heteroatoms. The van der Waals surface area contributed by atoms with Gasteiger partial charge in [0.15, 0.2) is 7.05 Å². The minimum absolute atomic E-state index is 0.703. The molecule has 1 N–H and O–H groups in total. The van der Waals surface area contributed by atoms with Gasteiger partial charge in [0, 0.05) is 53.7 Å². The molecule has 0 unspecified atom stereocenters. The van der Waals surface area contributed by atoms with Crippen LogP contribution in [0.15, 0.2) is 24.3 Å². The van der Waals surface area contributed by atoms with Crippen molar-refractivity contribution in [1.29, 1.82) is 0 Å². The van der Waals surface area contributed by atoms with Crippen molar-refractivity contribution >= 4 is 11.4 Å². The van der Waals surface area contributed by atoms with Gasteiger partial charge in [-0.15, -0.1) is 0 Å². The molecular formula is C13H22N3O+. The zero-order valence-corrected chi connectivity index (χ0v) is 10.9. The normalized spacial score (nSPS) is 14.9. The van der Waals surface area contributed by atoms with Crippen molar-refractivity contribution in [3.63, 3.8) is 0 Å². The van der Waals surface area contributed by atoms with Gasteiger partial charge in [0.25, 0.3) is 5.69 Å². The summed E-state index contributed by atoms with van der Waals surface area (Å²) >= 11 is 0. The number of rotatable bonds is 2. The largest absolute Gasteiger partial charge is 0.369 e. The topological polar surface area (TPSA) is 35.4 Å². The lowest BCUT2D eigenvalue weighted by Gasteiger charge is -2.29. The summed E-state index contributed by atoms with van der Waals surface area (Å²) in [6, 6.07) is 7.75. The van der Waals surface area contributed by atoms with Crippen LogP contribution < -0.4 is 10.2 Å². The lowest BCUT2D eigenvalue weighted by molar-refractivity contribution is -0.428. The molecule has 94 valence electrons. The Kier molecular flexibility index (Phi) is 5.63. The number of anilines is 1. The summed E-state index contributed by atoms with van der Waals surface area (Å²) in [5.74, 6) is 0. The maximum absolute atomic E-state index is 11.0. The van der Waals surface area contributed by atoms with E-state index in [0.717, 1.165) is 30.9 Å². The van der Waals surface area contributed by atoms with Gasteiger partial charge in [-0.2, -0.15) is 0 Å². The van der Waals surface area contributed by atoms with Crippen molar-refractivity contribution in [3.05, 3.63) is 29.2 Å². The average Bonchev–Trinajstić information content (AvgIpc) is 2.42. The Morgan fingerprint density at radius 2 is 1.65 bits per heavy atom. The molecule has 2 rings (SSSR count). The summed E-state index contributed by atoms with van der Waals surface area (Å²) in [6.45, 7) is 8.13. The maximum atomic E-state index is 11.0. The monoisotopic (exact) mass is 236 g/mol. The number of nitroso groups, excluding NO2 is 1. The molecule has 0 aliphatic carbocycles. The van der Waals surface area contributed by atoms with Crippen molar-refractivity contribution in [2.45, 2.75) is 13.8 Å². The third-order valence-corrected chi connectivity index (χ3v) is 2.70. The van der Waals surface area contributed by atoms with Crippen molar-refractivity contribution in [2.24, 2.45) is 0 Å². The summed E-state index contributed by atoms with van der Waals surface area (Å²) in [7, 11) is 1.51. The van der Waals surface area contributed by atoms with E-state index >= 15 is 0 Å². The SMILES string of the molecule is CC.C[N+](=O)c1ccc(N2CCNCC2)cc1. The van der Waals surface area contributed by atoms with E-state index in [1.165, 1.54) is 12.7 Å². The molecule has 0 radical (unpaired) electrons. The van der Waals surface area contributed by atoms with Gasteiger partial charge in [0.05, 0.1) is 0 Å². The van der Waals surface area contributed by atoms with Crippen molar-refractivity contribution in [1.82, 2.24) is 5.32 Å². The summed E-state index contributed by atoms with van der Waals surface area (Å²) in [4.78, 5) is 13.4. The molecule has 1 fully saturated rings. The van der Waals surface area contributed by atoms with Gasteiger partial charge < -0.3 is 10.2 Å². The van der Waals surface area contributed by atoms with Gasteiger partial charge in [-0.1, -0.05) is 13.8 Å². The van der Waals surface area contributed by atoms with Crippen LogP contribution in [-0.4, -0.2) is 38.0 Å². The Morgan fingerprint density at radius 1 is 1.12 bits per heavy atom. The minimum Gasteiger partial charge on any atom is -0.369 e. The molecule has 0 aromatic heterocycles. The first kappa shape index (κ1) is 13.6. The number of hydrogen-bond donors (Lipinski definition) is 1. The molecule has 1 heterocycles. The van der Waals surface area contributed by atoms with Crippen LogP contribution in [0.1, 0.15) is 13.8 Å². The third-order valence-electron chi connectivity index (χ3n) is 2.70. The Hall–Kier alpha value is -1.42. The van der Waals surface area contributed by atoms with E-state index in [1.807, 2.05) is 38.1 Å². The second-order valence-corrected chi connectivity index (χ2v) is 3.75. The molecule has 0 spiro atoms. The quantitative estimate of drug-likeness (QED) is 0.799. The van der Waals surface area contributed by atoms with Crippen molar-refractivity contribution in [3.8, 4) is 0 Å². The van der Waals surface area contributed by atoms with Gasteiger partial charge in [-0.05, 0) is 12.1 Å². The molecule has 1 aliphatic heterocycles. The second kappa shape index (κ2) is 7.01. The van der Waals surface area contributed by atoms with Gasteiger partial charge in [-0.25, -0.2) is 0 Å². The van der Waals surface area contributed by atoms with E-state index < -0.39 is 0 Å². The lowest BCUT2D eigenvalue weighted by atomic mass is 10.2. The Morgan fingerprint density at radius 3 is 2.12 bits per heavy atom. The van der Waals surface area contributed by atoms with Crippen LogP contribution in [0, 0.1) is 4.91 Å². The van der Waals surface area contributed by atoms with Gasteiger partial charge in [-0.3, -0.25) is 0 Å². The van der Waals surface area contributed by atoms with Crippen LogP contribution in [0.5, 0.6) is 0 Å². The van der Waals surface area contributed by atoms with E-state index in [1.54, 1.807) is 0 Å². The molecular weight excluding hydrogens is 214 g/mol. The molecule has 0 saturated carbocycles. The lowest BCUT2D eigenvalue weighted by Crippen LogP contribution is -2.43. The first-order chi connectivity index (χ1) is 8.27. The molecule has 0 amide bonds. The van der Waals surface area contributed by atoms with Crippen LogP contribution in [0.4, 0.5) is 11.4 Å². The van der Waals surface area contributed by atoms with E-state index in [-0.39, 0.29) is 0 Å². The maximum Gasteiger partial charge on any atom is 0.255 e. The highest BCUT2D eigenvalue weighted by atomic mass is 16.3. The zero-order valence-electron chi connectivity index (χ0n) is 10.9. The van der Waals surface area contributed by atoms with Gasteiger partial charge >= 0.3 is 0 Å². The average molecular weight is 236 g/mol. The Bertz CT molecular complexity index is 342. The highest BCUT2D eigenvalue weighted by molar-refractivity contribution is 5.51. The zero-order chi connectivity index (χ0) is 12.7. The van der Waals surface area contributed by atoms with Crippen LogP contribution in [0.3, 0.4) is 0 Å². The fraction of sp³-hybridized carbons (Fsp3) is 0.538. The second-order valence-electron chi connectivity index (χ2n) is 3.75. The summed E-state index contributed by atoms with van der Waals surface area (Å²) in [6.07, 6.45) is 0. The van der Waals surface area contributed by atoms with Gasteiger partial charge in [0.2, 0.25) is 0 Å². The molecule has 0 bridgehead atoms. The third kappa shape index (κ3) is 3.82. The summed E-state index contributed by atoms with van der Waals surface area (Å²) in [5.41, 5.74) is 1.90. The van der Waals surface area contributed by atoms with E-state index in [4.69, 9.17) is 0 Å². The standard InChI is InChI=1S/C11H16N3O.C2H6/c1-13(15)10-2-4-11(5-3-10)14-8-6-12-7-9-14;1-2/h2-5,12H,6-9H2,1H3;1-2H3/q+1;. The predicted octanol–water partition coefficient (Wildman–Crippen LogP) is 2.16. The number of benzene rings is 1. The minimum atomic E-state index is 0.703. The number of hydrogen-bond acceptors (Lipinski definition) is 3. The van der Waals surface area contributed by atoms with Gasteiger partial charge in [0.1, 0.15) is 0 Å². The van der Waals surface area contributed by atoms with Crippen molar-refractivity contribution < 1.29 is 4.76 Å². The molecule has 1 aromatic carbocycles. The van der Waals surface area contributed by atoms with Crippen LogP contribution in [0.2, 0.25) is 0 Å². The summed E-state index contributed by atoms with van der Waals surface area (Å²) < 4.78 is 0.877. The molecule has 17 heavy (non-hydrogen) atoms. The first-order valence-electron chi connectivity index (χ1n) is 6.24. The number of nitrogens with one attached hydrogen (secondary N) is 1. The fourth-order valence-electron chi connectivity index (χ4n) is 1.80. The summed E-state index contributed by atoms with van der Waals surface area (Å²) in [5, 5.41) is 3.31. The van der Waals surface area contributed by atoms with E-state index in [2.05, 4.69) is 10.2 Å². The molecule has 1 saturated heterocycles. The molecule has 4 nitrogen and oxygen atoms in total. The first-order valence-corrected chi connectivity index (χ1v) is 6.24. The highest BCUT2D eigenvalue weighted by Gasteiger charge is 2.12. The Labute approximate surface area is 103 Å². The van der Waals surface area contributed by atoms with E-state index in [0.29, 0.717) is 5.69 Å². The highest BCUT2D eigenvalue weighted by Crippen LogP contribution is 2.19. The molecule has 1 aromatic rings. The Balaban J connectivity index is 0.000000686. The van der Waals surface area contributed by atoms with Crippen molar-refractivity contribution in [2.75, 3.05) is 38.1 Å². The predicted molar refractivity (Wildman–Crippen MR) is 72.1 cm³/mol. The molecule has 0 atom stereocenters. The van der Waals surface area contributed by atoms with Crippen LogP contribution in [-0.2, 0) is 0 Å². The fourth-order valence-corrected chi connectivity index (χ4v) is 1.80. The molecule has 1 aliphatic rings. The smallest absolute Gasteiger partial charge is 0.255 e. The number of piperazine rings is 1.